The molecule has 0 aromatic heterocycles. The zero-order valence-corrected chi connectivity index (χ0v) is 8.33. The van der Waals surface area contributed by atoms with Crippen LogP contribution in [0.25, 0.3) is 0 Å². The molecule has 0 aromatic rings. The molecule has 0 N–H and O–H groups in total. The van der Waals surface area contributed by atoms with Crippen LogP contribution in [-0.4, -0.2) is 9.29 Å². The van der Waals surface area contributed by atoms with Gasteiger partial charge >= 0.3 is 73.6 Å². The number of carbonyl (C=O) groups excluding carboxylic acids is 2. The quantitative estimate of drug-likeness (QED) is 0.603. The topological polar surface area (TPSA) is 34.1 Å². The van der Waals surface area contributed by atoms with Crippen molar-refractivity contribution >= 4 is 9.29 Å². The van der Waals surface area contributed by atoms with Crippen LogP contribution in [0.2, 0.25) is 0 Å². The van der Waals surface area contributed by atoms with Crippen molar-refractivity contribution in [3.63, 3.8) is 0 Å². The summed E-state index contributed by atoms with van der Waals surface area (Å²) in [5, 5.41) is 0. The van der Waals surface area contributed by atoms with Crippen LogP contribution in [0.15, 0.2) is 0 Å². The summed E-state index contributed by atoms with van der Waals surface area (Å²) >= 11 is -0.395. The van der Waals surface area contributed by atoms with E-state index in [2.05, 4.69) is 6.92 Å². The van der Waals surface area contributed by atoms with E-state index < -0.39 is 15.2 Å². The van der Waals surface area contributed by atoms with E-state index in [-0.39, 0.29) is 9.29 Å². The van der Waals surface area contributed by atoms with E-state index in [1.165, 1.54) is 6.92 Å². The van der Waals surface area contributed by atoms with Gasteiger partial charge in [0.15, 0.2) is 0 Å². The van der Waals surface area contributed by atoms with Gasteiger partial charge in [0.05, 0.1) is 0 Å². The molecule has 0 bridgehead atoms. The molecular formula is C8H14CrO2. The molecule has 0 spiro atoms. The van der Waals surface area contributed by atoms with E-state index in [4.69, 9.17) is 0 Å². The van der Waals surface area contributed by atoms with Crippen LogP contribution in [0.5, 0.6) is 0 Å². The van der Waals surface area contributed by atoms with E-state index in [9.17, 15) is 9.59 Å². The molecule has 3 heteroatoms. The molecule has 0 aliphatic carbocycles. The molecule has 2 nitrogen and oxygen atoms in total. The molecule has 0 atom stereocenters. The molecule has 64 valence electrons. The van der Waals surface area contributed by atoms with Gasteiger partial charge in [0, 0.05) is 0 Å². The van der Waals surface area contributed by atoms with Gasteiger partial charge in [-0.3, -0.25) is 0 Å². The van der Waals surface area contributed by atoms with Gasteiger partial charge in [0.2, 0.25) is 0 Å². The van der Waals surface area contributed by atoms with Crippen molar-refractivity contribution in [3.8, 4) is 0 Å². The summed E-state index contributed by atoms with van der Waals surface area (Å²) in [6.07, 6.45) is 3.78. The van der Waals surface area contributed by atoms with Crippen LogP contribution in [-0.2, 0) is 24.8 Å². The maximum absolute atomic E-state index is 10.9. The molecule has 0 rings (SSSR count). The molecule has 0 radical (unpaired) electrons. The Labute approximate surface area is 74.1 Å². The predicted octanol–water partition coefficient (Wildman–Crippen LogP) is 1.72. The van der Waals surface area contributed by atoms with Gasteiger partial charge in [-0.05, 0) is 0 Å². The van der Waals surface area contributed by atoms with Gasteiger partial charge in [-0.25, -0.2) is 0 Å². The van der Waals surface area contributed by atoms with E-state index in [1.54, 1.807) is 0 Å². The second kappa shape index (κ2) is 6.57. The number of rotatable bonds is 6. The van der Waals surface area contributed by atoms with Gasteiger partial charge < -0.3 is 0 Å². The van der Waals surface area contributed by atoms with Crippen LogP contribution in [0, 0.1) is 0 Å². The van der Waals surface area contributed by atoms with Crippen molar-refractivity contribution < 1.29 is 24.8 Å². The van der Waals surface area contributed by atoms with Crippen molar-refractivity contribution in [2.45, 2.75) is 39.5 Å². The molecule has 0 unspecified atom stereocenters. The monoisotopic (exact) mass is 194 g/mol. The fourth-order valence-electron chi connectivity index (χ4n) is 0.731. The van der Waals surface area contributed by atoms with Crippen molar-refractivity contribution in [3.05, 3.63) is 0 Å². The summed E-state index contributed by atoms with van der Waals surface area (Å²) in [6.45, 7) is 3.58. The summed E-state index contributed by atoms with van der Waals surface area (Å²) in [7, 11) is 0. The molecule has 0 saturated heterocycles. The number of hydrogen-bond donors (Lipinski definition) is 0. The Bertz CT molecular complexity index is 143. The number of unbranched alkanes of at least 4 members (excludes halogenated alkanes) is 2. The van der Waals surface area contributed by atoms with E-state index in [0.717, 1.165) is 19.3 Å². The van der Waals surface area contributed by atoms with Gasteiger partial charge in [-0.2, -0.15) is 0 Å². The third kappa shape index (κ3) is 7.77. The third-order valence-electron chi connectivity index (χ3n) is 1.24. The molecule has 0 aliphatic rings. The Balaban J connectivity index is 3.30. The summed E-state index contributed by atoms with van der Waals surface area (Å²) in [4.78, 5) is 21.4. The molecule has 0 heterocycles. The second-order valence-electron chi connectivity index (χ2n) is 2.42. The normalized spacial score (nSPS) is 9.64. The van der Waals surface area contributed by atoms with E-state index >= 15 is 0 Å². The Kier molecular flexibility index (Phi) is 6.50. The number of hydrogen-bond acceptors (Lipinski definition) is 2. The predicted molar refractivity (Wildman–Crippen MR) is 39.8 cm³/mol. The minimum absolute atomic E-state index is 0.0407. The van der Waals surface area contributed by atoms with Gasteiger partial charge in [0.1, 0.15) is 0 Å². The van der Waals surface area contributed by atoms with Crippen LogP contribution in [0.4, 0.5) is 0 Å². The van der Waals surface area contributed by atoms with E-state index in [1.807, 2.05) is 0 Å². The SMILES string of the molecule is CCCCC[C](=O)[Cr][C](C)=O. The molecule has 0 saturated carbocycles. The van der Waals surface area contributed by atoms with Crippen LogP contribution >= 0.6 is 0 Å². The Morgan fingerprint density at radius 3 is 2.36 bits per heavy atom. The first kappa shape index (κ1) is 10.9. The molecule has 0 aromatic carbocycles. The first-order valence-electron chi connectivity index (χ1n) is 3.88. The molecule has 0 aliphatic heterocycles. The van der Waals surface area contributed by atoms with E-state index in [0.29, 0.717) is 6.42 Å². The minimum atomic E-state index is -0.395. The van der Waals surface area contributed by atoms with Gasteiger partial charge in [-0.1, -0.05) is 0 Å². The average Bonchev–Trinajstić information content (AvgIpc) is 1.86. The average molecular weight is 194 g/mol. The Morgan fingerprint density at radius 1 is 1.27 bits per heavy atom. The molecule has 0 fully saturated rings. The number of carbonyl (C=O) groups is 2. The summed E-state index contributed by atoms with van der Waals surface area (Å²) < 4.78 is 0.192. The first-order valence-corrected chi connectivity index (χ1v) is 5.15. The maximum atomic E-state index is 10.9. The second-order valence-corrected chi connectivity index (χ2v) is 4.35. The Hall–Kier alpha value is -0.128. The standard InChI is InChI=1S/C6H11O.C2H3O.Cr/c1-2-3-4-5-6-7;1-2-3;/h2-5H2,1H3;1H3;. The van der Waals surface area contributed by atoms with Gasteiger partial charge in [-0.15, -0.1) is 0 Å². The van der Waals surface area contributed by atoms with Crippen molar-refractivity contribution in [2.24, 2.45) is 0 Å². The zero-order valence-electron chi connectivity index (χ0n) is 7.05. The van der Waals surface area contributed by atoms with Crippen molar-refractivity contribution in [1.29, 1.82) is 0 Å². The van der Waals surface area contributed by atoms with Crippen LogP contribution < -0.4 is 0 Å². The zero-order chi connectivity index (χ0) is 8.69. The third-order valence-corrected chi connectivity index (χ3v) is 2.37. The Morgan fingerprint density at radius 2 is 1.91 bits per heavy atom. The first-order chi connectivity index (χ1) is 5.16. The van der Waals surface area contributed by atoms with Crippen molar-refractivity contribution in [2.75, 3.05) is 0 Å². The van der Waals surface area contributed by atoms with Crippen molar-refractivity contribution in [1.82, 2.24) is 0 Å². The van der Waals surface area contributed by atoms with Crippen LogP contribution in [0.1, 0.15) is 39.5 Å². The summed E-state index contributed by atoms with van der Waals surface area (Å²) in [5.41, 5.74) is 0. The molecular weight excluding hydrogens is 180 g/mol. The fourth-order valence-corrected chi connectivity index (χ4v) is 1.62. The summed E-state index contributed by atoms with van der Waals surface area (Å²) in [6, 6.07) is 0. The molecule has 11 heavy (non-hydrogen) atoms. The summed E-state index contributed by atoms with van der Waals surface area (Å²) in [5.74, 6) is 0. The fraction of sp³-hybridized carbons (Fsp3) is 0.750. The van der Waals surface area contributed by atoms with Gasteiger partial charge in [0.25, 0.3) is 0 Å². The van der Waals surface area contributed by atoms with Crippen LogP contribution in [0.3, 0.4) is 0 Å². The molecule has 0 amide bonds.